The highest BCUT2D eigenvalue weighted by Crippen LogP contribution is 2.33. The van der Waals surface area contributed by atoms with Gasteiger partial charge in [-0.2, -0.15) is 0 Å². The van der Waals surface area contributed by atoms with Crippen LogP contribution in [0.3, 0.4) is 0 Å². The second kappa shape index (κ2) is 5.37. The van der Waals surface area contributed by atoms with Gasteiger partial charge in [0.25, 0.3) is 0 Å². The zero-order valence-corrected chi connectivity index (χ0v) is 14.5. The topological polar surface area (TPSA) is 70.2 Å². The van der Waals surface area contributed by atoms with Crippen LogP contribution in [0.5, 0.6) is 0 Å². The predicted molar refractivity (Wildman–Crippen MR) is 91.2 cm³/mol. The SMILES string of the molecule is CN(C(=O)C(C)(C)c1c[nH]c2ccccc12)C1CCS(=O)(=O)C1. The maximum absolute atomic E-state index is 13.0. The van der Waals surface area contributed by atoms with Gasteiger partial charge in [0.05, 0.1) is 16.9 Å². The summed E-state index contributed by atoms with van der Waals surface area (Å²) in [5.41, 5.74) is 1.21. The van der Waals surface area contributed by atoms with Crippen molar-refractivity contribution in [1.82, 2.24) is 9.88 Å². The zero-order chi connectivity index (χ0) is 16.8. The second-order valence-electron chi connectivity index (χ2n) is 6.85. The van der Waals surface area contributed by atoms with Crippen LogP contribution in [0.1, 0.15) is 25.8 Å². The van der Waals surface area contributed by atoms with Crippen molar-refractivity contribution in [2.24, 2.45) is 0 Å². The van der Waals surface area contributed by atoms with Crippen LogP contribution in [0.15, 0.2) is 30.5 Å². The van der Waals surface area contributed by atoms with Crippen molar-refractivity contribution in [3.8, 4) is 0 Å². The Bertz CT molecular complexity index is 852. The van der Waals surface area contributed by atoms with Crippen molar-refractivity contribution in [3.63, 3.8) is 0 Å². The maximum atomic E-state index is 13.0. The lowest BCUT2D eigenvalue weighted by Crippen LogP contribution is -2.46. The summed E-state index contributed by atoms with van der Waals surface area (Å²) < 4.78 is 23.4. The molecule has 1 aliphatic heterocycles. The standard InChI is InChI=1S/C17H22N2O3S/c1-17(2,14-10-18-15-7-5-4-6-13(14)15)16(20)19(3)12-8-9-23(21,22)11-12/h4-7,10,12,18H,8-9,11H2,1-3H3. The molecule has 1 saturated heterocycles. The number of para-hydroxylation sites is 1. The van der Waals surface area contributed by atoms with Crippen molar-refractivity contribution < 1.29 is 13.2 Å². The number of carbonyl (C=O) groups is 1. The van der Waals surface area contributed by atoms with E-state index in [2.05, 4.69) is 4.98 Å². The van der Waals surface area contributed by atoms with E-state index in [-0.39, 0.29) is 23.5 Å². The van der Waals surface area contributed by atoms with Gasteiger partial charge in [-0.1, -0.05) is 18.2 Å². The molecule has 1 N–H and O–H groups in total. The monoisotopic (exact) mass is 334 g/mol. The summed E-state index contributed by atoms with van der Waals surface area (Å²) in [6.07, 6.45) is 2.40. The Hall–Kier alpha value is -1.82. The third-order valence-electron chi connectivity index (χ3n) is 4.87. The first-order valence-electron chi connectivity index (χ1n) is 7.77. The molecule has 1 aromatic carbocycles. The Kier molecular flexibility index (Phi) is 3.75. The molecule has 2 heterocycles. The Morgan fingerprint density at radius 1 is 1.30 bits per heavy atom. The minimum absolute atomic E-state index is 0.0515. The average molecular weight is 334 g/mol. The van der Waals surface area contributed by atoms with Crippen LogP contribution in [0.4, 0.5) is 0 Å². The number of sulfone groups is 1. The van der Waals surface area contributed by atoms with Gasteiger partial charge in [0.1, 0.15) is 0 Å². The van der Waals surface area contributed by atoms with E-state index in [0.29, 0.717) is 6.42 Å². The molecule has 6 heteroatoms. The molecule has 1 fully saturated rings. The van der Waals surface area contributed by atoms with E-state index in [9.17, 15) is 13.2 Å². The fraction of sp³-hybridized carbons (Fsp3) is 0.471. The van der Waals surface area contributed by atoms with E-state index in [1.54, 1.807) is 11.9 Å². The summed E-state index contributed by atoms with van der Waals surface area (Å²) in [5, 5.41) is 1.03. The number of likely N-dealkylation sites (N-methyl/N-ethyl adjacent to an activating group) is 1. The molecule has 1 aromatic heterocycles. The van der Waals surface area contributed by atoms with Gasteiger partial charge >= 0.3 is 0 Å². The number of rotatable bonds is 3. The number of hydrogen-bond donors (Lipinski definition) is 1. The largest absolute Gasteiger partial charge is 0.361 e. The molecule has 1 aliphatic rings. The van der Waals surface area contributed by atoms with Crippen LogP contribution in [-0.4, -0.2) is 48.8 Å². The fourth-order valence-corrected chi connectivity index (χ4v) is 5.17. The number of fused-ring (bicyclic) bond motifs is 1. The predicted octanol–water partition coefficient (Wildman–Crippen LogP) is 2.09. The number of carbonyl (C=O) groups excluding carboxylic acids is 1. The van der Waals surface area contributed by atoms with Crippen molar-refractivity contribution in [3.05, 3.63) is 36.0 Å². The van der Waals surface area contributed by atoms with Crippen LogP contribution in [0, 0.1) is 0 Å². The summed E-state index contributed by atoms with van der Waals surface area (Å²) in [5.74, 6) is 0.187. The molecule has 1 atom stereocenters. The van der Waals surface area contributed by atoms with Gasteiger partial charge in [0.15, 0.2) is 9.84 Å². The minimum Gasteiger partial charge on any atom is -0.361 e. The van der Waals surface area contributed by atoms with Gasteiger partial charge < -0.3 is 9.88 Å². The highest BCUT2D eigenvalue weighted by Gasteiger charge is 2.40. The van der Waals surface area contributed by atoms with E-state index in [4.69, 9.17) is 0 Å². The highest BCUT2D eigenvalue weighted by molar-refractivity contribution is 7.91. The van der Waals surface area contributed by atoms with Crippen molar-refractivity contribution in [1.29, 1.82) is 0 Å². The summed E-state index contributed by atoms with van der Waals surface area (Å²) in [6, 6.07) is 7.65. The minimum atomic E-state index is -3.01. The maximum Gasteiger partial charge on any atom is 0.232 e. The molecule has 1 amide bonds. The van der Waals surface area contributed by atoms with Crippen molar-refractivity contribution in [2.75, 3.05) is 18.6 Å². The molecular weight excluding hydrogens is 312 g/mol. The Labute approximate surface area is 136 Å². The molecule has 124 valence electrons. The number of aromatic nitrogens is 1. The van der Waals surface area contributed by atoms with E-state index in [1.165, 1.54) is 0 Å². The number of nitrogens with zero attached hydrogens (tertiary/aromatic N) is 1. The summed E-state index contributed by atoms with van der Waals surface area (Å²) >= 11 is 0. The molecular formula is C17H22N2O3S. The van der Waals surface area contributed by atoms with Crippen molar-refractivity contribution in [2.45, 2.75) is 31.7 Å². The first-order valence-corrected chi connectivity index (χ1v) is 9.59. The third-order valence-corrected chi connectivity index (χ3v) is 6.62. The van der Waals surface area contributed by atoms with Gasteiger partial charge in [-0.25, -0.2) is 8.42 Å². The molecule has 2 aromatic rings. The van der Waals surface area contributed by atoms with Crippen LogP contribution in [0.25, 0.3) is 10.9 Å². The van der Waals surface area contributed by atoms with Crippen LogP contribution >= 0.6 is 0 Å². The molecule has 0 radical (unpaired) electrons. The van der Waals surface area contributed by atoms with Gasteiger partial charge in [-0.3, -0.25) is 4.79 Å². The normalized spacial score (nSPS) is 20.7. The number of benzene rings is 1. The Morgan fingerprint density at radius 2 is 2.00 bits per heavy atom. The number of aromatic amines is 1. The van der Waals surface area contributed by atoms with E-state index in [1.807, 2.05) is 44.3 Å². The second-order valence-corrected chi connectivity index (χ2v) is 9.07. The van der Waals surface area contributed by atoms with Crippen LogP contribution in [-0.2, 0) is 20.0 Å². The van der Waals surface area contributed by atoms with E-state index >= 15 is 0 Å². The van der Waals surface area contributed by atoms with Gasteiger partial charge in [0.2, 0.25) is 5.91 Å². The number of H-pyrrole nitrogens is 1. The third kappa shape index (κ3) is 2.76. The summed E-state index contributed by atoms with van der Waals surface area (Å²) in [6.45, 7) is 3.79. The average Bonchev–Trinajstić information content (AvgIpc) is 3.09. The molecule has 1 unspecified atom stereocenters. The Balaban J connectivity index is 1.91. The lowest BCUT2D eigenvalue weighted by Gasteiger charge is -2.32. The van der Waals surface area contributed by atoms with Crippen LogP contribution in [0.2, 0.25) is 0 Å². The van der Waals surface area contributed by atoms with Gasteiger partial charge in [-0.15, -0.1) is 0 Å². The molecule has 23 heavy (non-hydrogen) atoms. The summed E-state index contributed by atoms with van der Waals surface area (Å²) in [4.78, 5) is 17.8. The highest BCUT2D eigenvalue weighted by atomic mass is 32.2. The molecule has 0 spiro atoms. The van der Waals surface area contributed by atoms with Gasteiger partial charge in [0, 0.05) is 30.2 Å². The lowest BCUT2D eigenvalue weighted by molar-refractivity contribution is -0.136. The first kappa shape index (κ1) is 16.1. The molecule has 0 saturated carbocycles. The van der Waals surface area contributed by atoms with Crippen molar-refractivity contribution >= 4 is 26.6 Å². The number of hydrogen-bond acceptors (Lipinski definition) is 3. The Morgan fingerprint density at radius 3 is 2.65 bits per heavy atom. The summed E-state index contributed by atoms with van der Waals surface area (Å²) in [7, 11) is -1.30. The smallest absolute Gasteiger partial charge is 0.232 e. The first-order chi connectivity index (χ1) is 10.7. The lowest BCUT2D eigenvalue weighted by atomic mass is 9.82. The van der Waals surface area contributed by atoms with E-state index in [0.717, 1.165) is 16.5 Å². The fourth-order valence-electron chi connectivity index (χ4n) is 3.39. The number of nitrogens with one attached hydrogen (secondary N) is 1. The molecule has 5 nitrogen and oxygen atoms in total. The molecule has 0 bridgehead atoms. The molecule has 3 rings (SSSR count). The van der Waals surface area contributed by atoms with Gasteiger partial charge in [-0.05, 0) is 31.9 Å². The quantitative estimate of drug-likeness (QED) is 0.934. The van der Waals surface area contributed by atoms with Crippen LogP contribution < -0.4 is 0 Å². The zero-order valence-electron chi connectivity index (χ0n) is 13.7. The van der Waals surface area contributed by atoms with E-state index < -0.39 is 15.3 Å². The number of amides is 1. The molecule has 0 aliphatic carbocycles.